The molecule has 0 aliphatic carbocycles. The van der Waals surface area contributed by atoms with Crippen molar-refractivity contribution in [1.82, 2.24) is 5.09 Å². The highest BCUT2D eigenvalue weighted by Gasteiger charge is 2.13. The van der Waals surface area contributed by atoms with Gasteiger partial charge in [0.05, 0.1) is 12.9 Å². The monoisotopic (exact) mass is 268 g/mol. The van der Waals surface area contributed by atoms with Gasteiger partial charge in [-0.1, -0.05) is 31.7 Å². The summed E-state index contributed by atoms with van der Waals surface area (Å²) in [5.74, 6) is 0. The van der Waals surface area contributed by atoms with Crippen molar-refractivity contribution in [2.24, 2.45) is 4.99 Å². The molecule has 0 aromatic carbocycles. The van der Waals surface area contributed by atoms with Crippen molar-refractivity contribution in [1.29, 1.82) is 0 Å². The zero-order valence-electron chi connectivity index (χ0n) is 9.73. The molecular formula is C9H21N2OPS2. The Hall–Kier alpha value is 0.430. The van der Waals surface area contributed by atoms with Gasteiger partial charge in [0.2, 0.25) is 5.62 Å². The molecule has 6 heteroatoms. The second kappa shape index (κ2) is 9.64. The van der Waals surface area contributed by atoms with Crippen molar-refractivity contribution in [3.05, 3.63) is 0 Å². The van der Waals surface area contributed by atoms with Crippen LogP contribution >= 0.6 is 17.0 Å². The van der Waals surface area contributed by atoms with Crippen LogP contribution in [-0.4, -0.2) is 25.7 Å². The van der Waals surface area contributed by atoms with Gasteiger partial charge in [0.15, 0.2) is 0 Å². The quantitative estimate of drug-likeness (QED) is 0.301. The van der Waals surface area contributed by atoms with Gasteiger partial charge in [0.1, 0.15) is 0 Å². The van der Waals surface area contributed by atoms with Crippen molar-refractivity contribution >= 4 is 35.1 Å². The van der Waals surface area contributed by atoms with Crippen LogP contribution in [0.2, 0.25) is 0 Å². The van der Waals surface area contributed by atoms with E-state index in [0.29, 0.717) is 6.61 Å². The van der Waals surface area contributed by atoms with E-state index in [-0.39, 0.29) is 0 Å². The molecule has 0 aliphatic rings. The van der Waals surface area contributed by atoms with Crippen molar-refractivity contribution in [2.75, 3.05) is 19.4 Å². The van der Waals surface area contributed by atoms with Crippen LogP contribution in [0.4, 0.5) is 0 Å². The summed E-state index contributed by atoms with van der Waals surface area (Å²) < 4.78 is 5.62. The molecule has 0 saturated heterocycles. The summed E-state index contributed by atoms with van der Waals surface area (Å²) in [5, 5.41) is 3.11. The van der Waals surface area contributed by atoms with Crippen LogP contribution in [0.15, 0.2) is 4.99 Å². The van der Waals surface area contributed by atoms with Crippen LogP contribution in [0.1, 0.15) is 33.1 Å². The van der Waals surface area contributed by atoms with E-state index in [1.54, 1.807) is 17.7 Å². The molecular weight excluding hydrogens is 247 g/mol. The number of nitrogens with zero attached hydrogens (tertiary/aromatic N) is 1. The normalized spacial score (nSPS) is 15.4. The summed E-state index contributed by atoms with van der Waals surface area (Å²) in [4.78, 5) is 4.23. The fraction of sp³-hybridized carbons (Fsp3) is 0.889. The molecule has 0 bridgehead atoms. The van der Waals surface area contributed by atoms with Gasteiger partial charge in [-0.3, -0.25) is 4.99 Å². The molecule has 3 nitrogen and oxygen atoms in total. The minimum atomic E-state index is -1.91. The highest BCUT2D eigenvalue weighted by Crippen LogP contribution is 2.54. The van der Waals surface area contributed by atoms with Crippen LogP contribution in [0.25, 0.3) is 0 Å². The van der Waals surface area contributed by atoms with Crippen molar-refractivity contribution in [2.45, 2.75) is 33.1 Å². The van der Waals surface area contributed by atoms with Gasteiger partial charge in [0.25, 0.3) is 0 Å². The number of hydrogen-bond donors (Lipinski definition) is 1. The Balaban J connectivity index is 3.86. The summed E-state index contributed by atoms with van der Waals surface area (Å²) in [5.41, 5.74) is -1.91. The summed E-state index contributed by atoms with van der Waals surface area (Å²) in [7, 11) is 0. The minimum Gasteiger partial charge on any atom is -0.326 e. The number of rotatable bonds is 9. The fourth-order valence-electron chi connectivity index (χ4n) is 0.780. The van der Waals surface area contributed by atoms with E-state index in [1.807, 2.05) is 6.26 Å². The van der Waals surface area contributed by atoms with E-state index < -0.39 is 5.62 Å². The Labute approximate surface area is 102 Å². The molecule has 0 saturated carbocycles. The Morgan fingerprint density at radius 1 is 1.47 bits per heavy atom. The molecule has 0 aromatic rings. The SMILES string of the molecule is CCCCN=CNP(=S)(OCCC)SC. The Bertz CT molecular complexity index is 224. The van der Waals surface area contributed by atoms with E-state index in [1.165, 1.54) is 6.42 Å². The third-order valence-corrected chi connectivity index (χ3v) is 7.14. The maximum Gasteiger partial charge on any atom is 0.210 e. The van der Waals surface area contributed by atoms with Gasteiger partial charge in [-0.25, -0.2) is 0 Å². The third-order valence-electron chi connectivity index (χ3n) is 1.65. The van der Waals surface area contributed by atoms with E-state index in [0.717, 1.165) is 19.4 Å². The highest BCUT2D eigenvalue weighted by atomic mass is 32.9. The molecule has 0 radical (unpaired) electrons. The lowest BCUT2D eigenvalue weighted by molar-refractivity contribution is 0.356. The molecule has 0 heterocycles. The number of nitrogens with one attached hydrogen (secondary N) is 1. The van der Waals surface area contributed by atoms with Crippen LogP contribution in [-0.2, 0) is 16.3 Å². The van der Waals surface area contributed by atoms with Gasteiger partial charge in [0, 0.05) is 6.54 Å². The Morgan fingerprint density at radius 2 is 2.20 bits per heavy atom. The van der Waals surface area contributed by atoms with Crippen LogP contribution in [0.3, 0.4) is 0 Å². The first-order valence-corrected chi connectivity index (χ1v) is 9.80. The Morgan fingerprint density at radius 3 is 2.73 bits per heavy atom. The average Bonchev–Trinajstić information content (AvgIpc) is 2.26. The predicted molar refractivity (Wildman–Crippen MR) is 75.4 cm³/mol. The molecule has 0 amide bonds. The second-order valence-electron chi connectivity index (χ2n) is 3.03. The predicted octanol–water partition coefficient (Wildman–Crippen LogP) is 3.42. The molecule has 1 unspecified atom stereocenters. The van der Waals surface area contributed by atoms with Gasteiger partial charge in [-0.15, -0.1) is 0 Å². The highest BCUT2D eigenvalue weighted by molar-refractivity contribution is 8.68. The molecule has 0 spiro atoms. The molecule has 0 rings (SSSR count). The lowest BCUT2D eigenvalue weighted by Crippen LogP contribution is -2.08. The van der Waals surface area contributed by atoms with Crippen molar-refractivity contribution in [3.63, 3.8) is 0 Å². The lowest BCUT2D eigenvalue weighted by Gasteiger charge is -2.18. The number of hydrogen-bond acceptors (Lipinski definition) is 4. The van der Waals surface area contributed by atoms with Gasteiger partial charge in [-0.05, 0) is 30.9 Å². The van der Waals surface area contributed by atoms with Crippen LogP contribution < -0.4 is 5.09 Å². The Kier molecular flexibility index (Phi) is 9.92. The third kappa shape index (κ3) is 8.26. The topological polar surface area (TPSA) is 33.6 Å². The largest absolute Gasteiger partial charge is 0.326 e. The first-order valence-electron chi connectivity index (χ1n) is 5.25. The molecule has 1 N–H and O–H groups in total. The molecule has 1 atom stereocenters. The van der Waals surface area contributed by atoms with Crippen molar-refractivity contribution in [3.8, 4) is 0 Å². The van der Waals surface area contributed by atoms with E-state index in [9.17, 15) is 0 Å². The van der Waals surface area contributed by atoms with Crippen molar-refractivity contribution < 1.29 is 4.52 Å². The lowest BCUT2D eigenvalue weighted by atomic mass is 10.3. The van der Waals surface area contributed by atoms with Crippen LogP contribution in [0, 0.1) is 0 Å². The van der Waals surface area contributed by atoms with E-state index in [2.05, 4.69) is 23.9 Å². The van der Waals surface area contributed by atoms with Gasteiger partial charge >= 0.3 is 0 Å². The first-order chi connectivity index (χ1) is 7.18. The minimum absolute atomic E-state index is 0.716. The summed E-state index contributed by atoms with van der Waals surface area (Å²) in [6.45, 7) is 5.81. The standard InChI is InChI=1S/C9H21N2OPS2/c1-4-6-7-10-9-11-13(14,15-3)12-8-5-2/h9H,4-8H2,1-3H3,(H,10,11,14). The first kappa shape index (κ1) is 15.4. The van der Waals surface area contributed by atoms with E-state index >= 15 is 0 Å². The molecule has 15 heavy (non-hydrogen) atoms. The average molecular weight is 268 g/mol. The van der Waals surface area contributed by atoms with E-state index in [4.69, 9.17) is 16.3 Å². The fourth-order valence-corrected chi connectivity index (χ4v) is 3.07. The molecule has 0 aliphatic heterocycles. The molecule has 0 aromatic heterocycles. The summed E-state index contributed by atoms with van der Waals surface area (Å²) in [6, 6.07) is 0. The number of aliphatic imine (C=N–C) groups is 1. The molecule has 90 valence electrons. The zero-order chi connectivity index (χ0) is 11.6. The maximum absolute atomic E-state index is 5.62. The summed E-state index contributed by atoms with van der Waals surface area (Å²) in [6.07, 6.45) is 6.97. The number of unbranched alkanes of at least 4 members (excludes halogenated alkanes) is 1. The van der Waals surface area contributed by atoms with Gasteiger partial charge in [-0.2, -0.15) is 0 Å². The smallest absolute Gasteiger partial charge is 0.210 e. The van der Waals surface area contributed by atoms with Gasteiger partial charge < -0.3 is 9.61 Å². The summed E-state index contributed by atoms with van der Waals surface area (Å²) >= 11 is 6.97. The zero-order valence-corrected chi connectivity index (χ0v) is 12.3. The second-order valence-corrected chi connectivity index (χ2v) is 9.78. The maximum atomic E-state index is 5.62. The van der Waals surface area contributed by atoms with Crippen LogP contribution in [0.5, 0.6) is 0 Å². The molecule has 0 fully saturated rings.